The Kier molecular flexibility index (Phi) is 5.11. The molecule has 0 radical (unpaired) electrons. The summed E-state index contributed by atoms with van der Waals surface area (Å²) in [6.45, 7) is 16.6. The van der Waals surface area contributed by atoms with Crippen LogP contribution in [-0.2, 0) is 18.4 Å². The Morgan fingerprint density at radius 1 is 0.958 bits per heavy atom. The van der Waals surface area contributed by atoms with Crippen molar-refractivity contribution in [1.82, 2.24) is 25.2 Å². The van der Waals surface area contributed by atoms with E-state index >= 15 is 0 Å². The van der Waals surface area contributed by atoms with Gasteiger partial charge in [0, 0.05) is 24.2 Å². The molecule has 0 aliphatic heterocycles. The van der Waals surface area contributed by atoms with Crippen LogP contribution < -0.4 is 0 Å². The maximum Gasteiger partial charge on any atom is 0.174 e. The summed E-state index contributed by atoms with van der Waals surface area (Å²) in [5, 5.41) is 13.1. The summed E-state index contributed by atoms with van der Waals surface area (Å²) in [7, 11) is 0. The molecule has 2 rings (SSSR count). The zero-order chi connectivity index (χ0) is 18.0. The van der Waals surface area contributed by atoms with Crippen LogP contribution >= 0.6 is 0 Å². The van der Waals surface area contributed by atoms with E-state index in [0.717, 1.165) is 18.7 Å². The highest BCUT2D eigenvalue weighted by Crippen LogP contribution is 2.41. The number of hydrogen-bond donors (Lipinski definition) is 0. The van der Waals surface area contributed by atoms with E-state index < -0.39 is 0 Å². The first kappa shape index (κ1) is 18.6. The van der Waals surface area contributed by atoms with Crippen molar-refractivity contribution in [3.8, 4) is 0 Å². The number of aryl methyl sites for hydroxylation is 1. The van der Waals surface area contributed by atoms with Crippen LogP contribution in [0.25, 0.3) is 0 Å². The second-order valence-corrected chi connectivity index (χ2v) is 8.99. The Hall–Kier alpha value is -1.78. The van der Waals surface area contributed by atoms with Gasteiger partial charge in [0.25, 0.3) is 0 Å². The van der Waals surface area contributed by atoms with E-state index in [9.17, 15) is 0 Å². The van der Waals surface area contributed by atoms with Gasteiger partial charge in [-0.15, -0.1) is 10.2 Å². The van der Waals surface area contributed by atoms with Gasteiger partial charge < -0.3 is 0 Å². The van der Waals surface area contributed by atoms with Crippen LogP contribution in [0.15, 0.2) is 24.5 Å². The Bertz CT molecular complexity index is 650. The third-order valence-electron chi connectivity index (χ3n) is 5.50. The number of hydrogen-bond acceptors (Lipinski definition) is 4. The van der Waals surface area contributed by atoms with Crippen molar-refractivity contribution in [2.75, 3.05) is 0 Å². The maximum absolute atomic E-state index is 4.58. The summed E-state index contributed by atoms with van der Waals surface area (Å²) >= 11 is 0. The highest BCUT2D eigenvalue weighted by molar-refractivity contribution is 5.19. The lowest BCUT2D eigenvalue weighted by Crippen LogP contribution is -2.30. The smallest absolute Gasteiger partial charge is 0.174 e. The summed E-state index contributed by atoms with van der Waals surface area (Å²) in [5.74, 6) is 0.831. The molecule has 0 saturated heterocycles. The highest BCUT2D eigenvalue weighted by Gasteiger charge is 2.32. The molecular weight excluding hydrogens is 298 g/mol. The first-order chi connectivity index (χ1) is 11.0. The second-order valence-electron chi connectivity index (χ2n) is 8.99. The molecule has 0 fully saturated rings. The lowest BCUT2D eigenvalue weighted by atomic mass is 9.67. The van der Waals surface area contributed by atoms with Gasteiger partial charge in [0.05, 0.1) is 6.54 Å². The minimum atomic E-state index is -0.0639. The summed E-state index contributed by atoms with van der Waals surface area (Å²) in [4.78, 5) is 5.81. The van der Waals surface area contributed by atoms with E-state index in [4.69, 9.17) is 0 Å². The zero-order valence-corrected chi connectivity index (χ0v) is 16.2. The monoisotopic (exact) mass is 329 g/mol. The fraction of sp³-hybridized carbons (Fsp3) is 0.684. The van der Waals surface area contributed by atoms with Gasteiger partial charge in [0.15, 0.2) is 5.82 Å². The number of nitrogens with zero attached hydrogens (tertiary/aromatic N) is 5. The van der Waals surface area contributed by atoms with Crippen molar-refractivity contribution < 1.29 is 0 Å². The Morgan fingerprint density at radius 3 is 2.17 bits per heavy atom. The lowest BCUT2D eigenvalue weighted by molar-refractivity contribution is 0.119. The molecule has 0 saturated carbocycles. The van der Waals surface area contributed by atoms with Crippen LogP contribution in [0.3, 0.4) is 0 Å². The average molecular weight is 329 g/mol. The summed E-state index contributed by atoms with van der Waals surface area (Å²) in [6, 6.07) is 4.09. The van der Waals surface area contributed by atoms with Crippen molar-refractivity contribution >= 4 is 0 Å². The molecule has 0 N–H and O–H groups in total. The van der Waals surface area contributed by atoms with Crippen LogP contribution in [0, 0.1) is 10.8 Å². The molecule has 0 unspecified atom stereocenters. The van der Waals surface area contributed by atoms with Gasteiger partial charge in [-0.2, -0.15) is 4.80 Å². The van der Waals surface area contributed by atoms with Crippen LogP contribution in [0.5, 0.6) is 0 Å². The normalized spacial score (nSPS) is 13.3. The van der Waals surface area contributed by atoms with Gasteiger partial charge in [-0.05, 0) is 40.2 Å². The van der Waals surface area contributed by atoms with Gasteiger partial charge in [-0.25, -0.2) is 0 Å². The average Bonchev–Trinajstić information content (AvgIpc) is 2.92. The molecule has 132 valence electrons. The van der Waals surface area contributed by atoms with Crippen LogP contribution in [0.1, 0.15) is 66.3 Å². The highest BCUT2D eigenvalue weighted by atomic mass is 15.6. The summed E-state index contributed by atoms with van der Waals surface area (Å²) in [5.41, 5.74) is 1.65. The zero-order valence-electron chi connectivity index (χ0n) is 16.2. The lowest BCUT2D eigenvalue weighted by Gasteiger charge is -2.38. The SMILES string of the molecule is CC(C)(Cn1nnc(CCC(C)(C)C(C)(C)C)n1)c1ccncc1. The van der Waals surface area contributed by atoms with Crippen molar-refractivity contribution in [1.29, 1.82) is 0 Å². The topological polar surface area (TPSA) is 56.5 Å². The first-order valence-corrected chi connectivity index (χ1v) is 8.68. The van der Waals surface area contributed by atoms with Crippen LogP contribution in [0.2, 0.25) is 0 Å². The predicted molar refractivity (Wildman–Crippen MR) is 96.6 cm³/mol. The summed E-state index contributed by atoms with van der Waals surface area (Å²) in [6.07, 6.45) is 5.56. The number of aromatic nitrogens is 5. The molecular formula is C19H31N5. The Labute approximate surface area is 145 Å². The molecule has 0 aliphatic carbocycles. The molecule has 0 aliphatic rings. The molecule has 0 amide bonds. The molecule has 2 heterocycles. The third kappa shape index (κ3) is 4.40. The van der Waals surface area contributed by atoms with Gasteiger partial charge in [-0.1, -0.05) is 48.5 Å². The van der Waals surface area contributed by atoms with Crippen molar-refractivity contribution in [2.45, 2.75) is 73.3 Å². The van der Waals surface area contributed by atoms with E-state index in [1.807, 2.05) is 24.5 Å². The van der Waals surface area contributed by atoms with E-state index in [0.29, 0.717) is 6.54 Å². The van der Waals surface area contributed by atoms with Crippen LogP contribution in [-0.4, -0.2) is 25.2 Å². The first-order valence-electron chi connectivity index (χ1n) is 8.68. The molecule has 2 aromatic rings. The second kappa shape index (κ2) is 6.61. The third-order valence-corrected chi connectivity index (χ3v) is 5.50. The van der Waals surface area contributed by atoms with E-state index in [2.05, 4.69) is 68.9 Å². The van der Waals surface area contributed by atoms with Crippen LogP contribution in [0.4, 0.5) is 0 Å². The van der Waals surface area contributed by atoms with Crippen molar-refractivity contribution in [3.63, 3.8) is 0 Å². The Morgan fingerprint density at radius 2 is 1.58 bits per heavy atom. The fourth-order valence-electron chi connectivity index (χ4n) is 2.49. The molecule has 24 heavy (non-hydrogen) atoms. The number of rotatable bonds is 6. The summed E-state index contributed by atoms with van der Waals surface area (Å²) < 4.78 is 0. The van der Waals surface area contributed by atoms with Crippen molar-refractivity contribution in [2.24, 2.45) is 10.8 Å². The van der Waals surface area contributed by atoms with Gasteiger partial charge in [0.1, 0.15) is 0 Å². The van der Waals surface area contributed by atoms with Gasteiger partial charge in [0.2, 0.25) is 0 Å². The quantitative estimate of drug-likeness (QED) is 0.802. The van der Waals surface area contributed by atoms with E-state index in [1.165, 1.54) is 5.56 Å². The fourth-order valence-corrected chi connectivity index (χ4v) is 2.49. The molecule has 0 atom stereocenters. The molecule has 0 bridgehead atoms. The van der Waals surface area contributed by atoms with Gasteiger partial charge in [-0.3, -0.25) is 4.98 Å². The number of tetrazole rings is 1. The molecule has 0 aromatic carbocycles. The van der Waals surface area contributed by atoms with E-state index in [-0.39, 0.29) is 16.2 Å². The molecule has 2 aromatic heterocycles. The number of pyridine rings is 1. The predicted octanol–water partition coefficient (Wildman–Crippen LogP) is 4.05. The molecule has 5 heteroatoms. The van der Waals surface area contributed by atoms with Crippen molar-refractivity contribution in [3.05, 3.63) is 35.9 Å². The standard InChI is InChI=1S/C19H31N5/c1-17(2,3)19(6,7)11-8-16-21-23-24(22-16)14-18(4,5)15-9-12-20-13-10-15/h9-10,12-13H,8,11,14H2,1-7H3. The minimum absolute atomic E-state index is 0.0639. The Balaban J connectivity index is 2.01. The maximum atomic E-state index is 4.58. The van der Waals surface area contributed by atoms with E-state index in [1.54, 1.807) is 4.80 Å². The molecule has 0 spiro atoms. The largest absolute Gasteiger partial charge is 0.265 e. The van der Waals surface area contributed by atoms with Gasteiger partial charge >= 0.3 is 0 Å². The molecule has 5 nitrogen and oxygen atoms in total. The minimum Gasteiger partial charge on any atom is -0.265 e.